The first-order valence-corrected chi connectivity index (χ1v) is 8.30. The summed E-state index contributed by atoms with van der Waals surface area (Å²) in [5, 5.41) is 3.46. The zero-order valence-electron chi connectivity index (χ0n) is 14.2. The van der Waals surface area contributed by atoms with Gasteiger partial charge in [0.25, 0.3) is 0 Å². The highest BCUT2D eigenvalue weighted by Gasteiger charge is 2.19. The van der Waals surface area contributed by atoms with Gasteiger partial charge < -0.3 is 15.1 Å². The second kappa shape index (κ2) is 7.81. The molecule has 1 aliphatic rings. The van der Waals surface area contributed by atoms with E-state index in [0.717, 1.165) is 19.0 Å². The molecule has 118 valence electrons. The number of rotatable bonds is 6. The van der Waals surface area contributed by atoms with Gasteiger partial charge in [-0.3, -0.25) is 0 Å². The van der Waals surface area contributed by atoms with Gasteiger partial charge in [0.1, 0.15) is 0 Å². The third-order valence-electron chi connectivity index (χ3n) is 4.58. The van der Waals surface area contributed by atoms with Crippen molar-refractivity contribution >= 4 is 5.69 Å². The van der Waals surface area contributed by atoms with Crippen LogP contribution in [0.1, 0.15) is 30.9 Å². The summed E-state index contributed by atoms with van der Waals surface area (Å²) in [7, 11) is 4.48. The molecule has 0 amide bonds. The van der Waals surface area contributed by atoms with E-state index in [0.29, 0.717) is 0 Å². The molecular weight excluding hydrogens is 258 g/mol. The topological polar surface area (TPSA) is 18.5 Å². The van der Waals surface area contributed by atoms with Gasteiger partial charge in [-0.25, -0.2) is 0 Å². The summed E-state index contributed by atoms with van der Waals surface area (Å²) in [5.41, 5.74) is 4.16. The van der Waals surface area contributed by atoms with Crippen LogP contribution >= 0.6 is 0 Å². The highest BCUT2D eigenvalue weighted by atomic mass is 15.1. The maximum atomic E-state index is 3.46. The monoisotopic (exact) mass is 289 g/mol. The van der Waals surface area contributed by atoms with Crippen molar-refractivity contribution in [1.29, 1.82) is 0 Å². The molecule has 3 heteroatoms. The number of hydrogen-bond donors (Lipinski definition) is 1. The Morgan fingerprint density at radius 1 is 1.29 bits per heavy atom. The Morgan fingerprint density at radius 2 is 2.00 bits per heavy atom. The minimum Gasteiger partial charge on any atom is -0.374 e. The summed E-state index contributed by atoms with van der Waals surface area (Å²) >= 11 is 0. The van der Waals surface area contributed by atoms with Crippen molar-refractivity contribution in [3.63, 3.8) is 0 Å². The molecule has 1 aromatic rings. The van der Waals surface area contributed by atoms with Crippen LogP contribution in [0.2, 0.25) is 0 Å². The Morgan fingerprint density at radius 3 is 2.67 bits per heavy atom. The van der Waals surface area contributed by atoms with Gasteiger partial charge in [0, 0.05) is 25.8 Å². The first-order valence-electron chi connectivity index (χ1n) is 8.30. The van der Waals surface area contributed by atoms with Gasteiger partial charge in [-0.1, -0.05) is 24.6 Å². The molecule has 0 saturated carbocycles. The first kappa shape index (κ1) is 16.3. The zero-order chi connectivity index (χ0) is 15.2. The number of hydrogen-bond acceptors (Lipinski definition) is 3. The predicted octanol–water partition coefficient (Wildman–Crippen LogP) is 2.88. The number of likely N-dealkylation sites (tertiary alicyclic amines) is 1. The summed E-state index contributed by atoms with van der Waals surface area (Å²) in [6, 6.07) is 6.84. The van der Waals surface area contributed by atoms with Gasteiger partial charge in [-0.2, -0.15) is 0 Å². The standard InChI is InChI=1S/C18H31N3/c1-5-19-13-17-12-15(2)6-7-18(17)21(4)14-16-8-10-20(3)11-9-16/h6-7,12,16,19H,5,8-11,13-14H2,1-4H3. The third kappa shape index (κ3) is 4.72. The molecule has 0 aromatic heterocycles. The molecule has 0 aliphatic carbocycles. The van der Waals surface area contributed by atoms with Crippen LogP contribution in [0, 0.1) is 12.8 Å². The van der Waals surface area contributed by atoms with Crippen molar-refractivity contribution in [2.45, 2.75) is 33.2 Å². The maximum Gasteiger partial charge on any atom is 0.0409 e. The molecule has 0 unspecified atom stereocenters. The Kier molecular flexibility index (Phi) is 6.07. The van der Waals surface area contributed by atoms with Crippen molar-refractivity contribution in [3.05, 3.63) is 29.3 Å². The number of nitrogens with zero attached hydrogens (tertiary/aromatic N) is 2. The largest absolute Gasteiger partial charge is 0.374 e. The number of anilines is 1. The average Bonchev–Trinajstić information content (AvgIpc) is 2.47. The lowest BCUT2D eigenvalue weighted by atomic mass is 9.96. The van der Waals surface area contributed by atoms with Crippen LogP contribution in [0.15, 0.2) is 18.2 Å². The van der Waals surface area contributed by atoms with Crippen LogP contribution in [-0.2, 0) is 6.54 Å². The van der Waals surface area contributed by atoms with Crippen LogP contribution in [0.3, 0.4) is 0 Å². The second-order valence-electron chi connectivity index (χ2n) is 6.54. The molecule has 1 aromatic carbocycles. The number of aryl methyl sites for hydroxylation is 1. The van der Waals surface area contributed by atoms with E-state index in [-0.39, 0.29) is 0 Å². The normalized spacial score (nSPS) is 17.1. The molecular formula is C18H31N3. The van der Waals surface area contributed by atoms with Crippen molar-refractivity contribution < 1.29 is 0 Å². The lowest BCUT2D eigenvalue weighted by Crippen LogP contribution is -2.36. The maximum absolute atomic E-state index is 3.46. The van der Waals surface area contributed by atoms with Gasteiger partial charge in [-0.05, 0) is 64.0 Å². The minimum absolute atomic E-state index is 0.833. The molecule has 2 rings (SSSR count). The van der Waals surface area contributed by atoms with Gasteiger partial charge in [-0.15, -0.1) is 0 Å². The fourth-order valence-electron chi connectivity index (χ4n) is 3.22. The summed E-state index contributed by atoms with van der Waals surface area (Å²) in [5.74, 6) is 0.833. The summed E-state index contributed by atoms with van der Waals surface area (Å²) in [6.07, 6.45) is 2.66. The average molecular weight is 289 g/mol. The molecule has 0 bridgehead atoms. The summed E-state index contributed by atoms with van der Waals surface area (Å²) in [6.45, 7) is 9.99. The van der Waals surface area contributed by atoms with Crippen molar-refractivity contribution in [2.24, 2.45) is 5.92 Å². The molecule has 0 atom stereocenters. The zero-order valence-corrected chi connectivity index (χ0v) is 14.2. The molecule has 0 spiro atoms. The second-order valence-corrected chi connectivity index (χ2v) is 6.54. The fraction of sp³-hybridized carbons (Fsp3) is 0.667. The molecule has 1 saturated heterocycles. The van der Waals surface area contributed by atoms with E-state index < -0.39 is 0 Å². The SMILES string of the molecule is CCNCc1cc(C)ccc1N(C)CC1CCN(C)CC1. The Balaban J connectivity index is 2.02. The van der Waals surface area contributed by atoms with E-state index in [4.69, 9.17) is 0 Å². The minimum atomic E-state index is 0.833. The van der Waals surface area contributed by atoms with E-state index in [9.17, 15) is 0 Å². The van der Waals surface area contributed by atoms with Gasteiger partial charge in [0.15, 0.2) is 0 Å². The highest BCUT2D eigenvalue weighted by molar-refractivity contribution is 5.54. The summed E-state index contributed by atoms with van der Waals surface area (Å²) < 4.78 is 0. The van der Waals surface area contributed by atoms with E-state index in [1.807, 2.05) is 0 Å². The Bertz CT molecular complexity index is 436. The van der Waals surface area contributed by atoms with Crippen LogP contribution in [0.5, 0.6) is 0 Å². The quantitative estimate of drug-likeness (QED) is 0.869. The van der Waals surface area contributed by atoms with Gasteiger partial charge in [0.2, 0.25) is 0 Å². The van der Waals surface area contributed by atoms with Gasteiger partial charge in [0.05, 0.1) is 0 Å². The van der Waals surface area contributed by atoms with E-state index >= 15 is 0 Å². The van der Waals surface area contributed by atoms with Crippen molar-refractivity contribution in [2.75, 3.05) is 45.2 Å². The lowest BCUT2D eigenvalue weighted by molar-refractivity contribution is 0.222. The first-order chi connectivity index (χ1) is 10.1. The van der Waals surface area contributed by atoms with Crippen LogP contribution in [0.4, 0.5) is 5.69 Å². The number of piperidine rings is 1. The van der Waals surface area contributed by atoms with Gasteiger partial charge >= 0.3 is 0 Å². The smallest absolute Gasteiger partial charge is 0.0409 e. The number of benzene rings is 1. The molecule has 1 aliphatic heterocycles. The summed E-state index contributed by atoms with van der Waals surface area (Å²) in [4.78, 5) is 4.90. The van der Waals surface area contributed by atoms with Crippen LogP contribution in [-0.4, -0.2) is 45.2 Å². The van der Waals surface area contributed by atoms with E-state index in [1.54, 1.807) is 0 Å². The fourth-order valence-corrected chi connectivity index (χ4v) is 3.22. The number of nitrogens with one attached hydrogen (secondary N) is 1. The molecule has 0 radical (unpaired) electrons. The highest BCUT2D eigenvalue weighted by Crippen LogP contribution is 2.24. The van der Waals surface area contributed by atoms with Crippen LogP contribution < -0.4 is 10.2 Å². The van der Waals surface area contributed by atoms with Crippen LogP contribution in [0.25, 0.3) is 0 Å². The van der Waals surface area contributed by atoms with E-state index in [1.165, 1.54) is 49.3 Å². The lowest BCUT2D eigenvalue weighted by Gasteiger charge is -2.33. The molecule has 1 fully saturated rings. The van der Waals surface area contributed by atoms with Crippen molar-refractivity contribution in [1.82, 2.24) is 10.2 Å². The molecule has 1 N–H and O–H groups in total. The molecule has 21 heavy (non-hydrogen) atoms. The Labute approximate surface area is 130 Å². The van der Waals surface area contributed by atoms with Crippen molar-refractivity contribution in [3.8, 4) is 0 Å². The Hall–Kier alpha value is -1.06. The predicted molar refractivity (Wildman–Crippen MR) is 92.1 cm³/mol. The molecule has 3 nitrogen and oxygen atoms in total. The third-order valence-corrected chi connectivity index (χ3v) is 4.58. The van der Waals surface area contributed by atoms with E-state index in [2.05, 4.69) is 61.3 Å². The molecule has 1 heterocycles.